The van der Waals surface area contributed by atoms with E-state index in [1.165, 1.54) is 11.3 Å². The minimum atomic E-state index is 0.0458. The summed E-state index contributed by atoms with van der Waals surface area (Å²) < 4.78 is 5.51. The lowest BCUT2D eigenvalue weighted by atomic mass is 9.95. The van der Waals surface area contributed by atoms with Crippen LogP contribution >= 0.6 is 11.8 Å². The molecule has 0 bridgehead atoms. The number of rotatable bonds is 3. The van der Waals surface area contributed by atoms with E-state index in [0.717, 1.165) is 63.7 Å². The Bertz CT molecular complexity index is 598. The fourth-order valence-corrected chi connectivity index (χ4v) is 5.50. The third kappa shape index (κ3) is 3.03. The predicted molar refractivity (Wildman–Crippen MR) is 98.0 cm³/mol. The number of nitrogens with one attached hydrogen (secondary N) is 1. The first-order valence-electron chi connectivity index (χ1n) is 8.82. The van der Waals surface area contributed by atoms with Crippen LogP contribution in [0.2, 0.25) is 0 Å². The quantitative estimate of drug-likeness (QED) is 0.908. The Kier molecular flexibility index (Phi) is 4.70. The summed E-state index contributed by atoms with van der Waals surface area (Å²) in [7, 11) is 0. The van der Waals surface area contributed by atoms with E-state index in [1.54, 1.807) is 0 Å². The van der Waals surface area contributed by atoms with Gasteiger partial charge in [0.15, 0.2) is 0 Å². The van der Waals surface area contributed by atoms with Crippen LogP contribution < -0.4 is 10.2 Å². The van der Waals surface area contributed by atoms with E-state index in [4.69, 9.17) is 4.74 Å². The maximum atomic E-state index is 12.8. The lowest BCUT2D eigenvalue weighted by molar-refractivity contribution is -0.0123. The van der Waals surface area contributed by atoms with Gasteiger partial charge in [-0.2, -0.15) is 11.8 Å². The van der Waals surface area contributed by atoms with Gasteiger partial charge in [-0.3, -0.25) is 9.80 Å². The van der Waals surface area contributed by atoms with Crippen LogP contribution in [0.3, 0.4) is 0 Å². The van der Waals surface area contributed by atoms with Crippen molar-refractivity contribution >= 4 is 23.5 Å². The summed E-state index contributed by atoms with van der Waals surface area (Å²) in [6.45, 7) is 5.08. The van der Waals surface area contributed by atoms with Crippen molar-refractivity contribution in [2.75, 3.05) is 55.8 Å². The van der Waals surface area contributed by atoms with Crippen molar-refractivity contribution < 1.29 is 9.53 Å². The van der Waals surface area contributed by atoms with Gasteiger partial charge in [-0.05, 0) is 30.2 Å². The molecule has 130 valence electrons. The number of amides is 2. The number of carbonyl (C=O) groups is 1. The van der Waals surface area contributed by atoms with Gasteiger partial charge >= 0.3 is 6.03 Å². The van der Waals surface area contributed by atoms with Crippen molar-refractivity contribution in [2.24, 2.45) is 0 Å². The Balaban J connectivity index is 1.42. The van der Waals surface area contributed by atoms with Crippen LogP contribution in [-0.4, -0.2) is 67.4 Å². The number of nitrogens with zero attached hydrogens (tertiary/aromatic N) is 2. The Morgan fingerprint density at radius 2 is 2.08 bits per heavy atom. The van der Waals surface area contributed by atoms with Crippen LogP contribution in [0.5, 0.6) is 0 Å². The average Bonchev–Trinajstić information content (AvgIpc) is 3.28. The number of carbonyl (C=O) groups excluding carboxylic acids is 1. The summed E-state index contributed by atoms with van der Waals surface area (Å²) in [6, 6.07) is 8.26. The van der Waals surface area contributed by atoms with E-state index >= 15 is 0 Å². The molecular formula is C18H25N3O2S. The normalized spacial score (nSPS) is 27.2. The third-order valence-electron chi connectivity index (χ3n) is 5.47. The summed E-state index contributed by atoms with van der Waals surface area (Å²) >= 11 is 2.00. The van der Waals surface area contributed by atoms with Crippen molar-refractivity contribution in [3.63, 3.8) is 0 Å². The van der Waals surface area contributed by atoms with Crippen LogP contribution in [0.15, 0.2) is 24.3 Å². The highest BCUT2D eigenvalue weighted by molar-refractivity contribution is 7.99. The topological polar surface area (TPSA) is 44.8 Å². The molecule has 0 aromatic heterocycles. The van der Waals surface area contributed by atoms with Crippen LogP contribution in [-0.2, 0) is 11.2 Å². The molecule has 2 saturated heterocycles. The monoisotopic (exact) mass is 347 g/mol. The lowest BCUT2D eigenvalue weighted by Crippen LogP contribution is -2.60. The molecule has 0 radical (unpaired) electrons. The van der Waals surface area contributed by atoms with Crippen molar-refractivity contribution in [2.45, 2.75) is 18.4 Å². The van der Waals surface area contributed by atoms with Crippen molar-refractivity contribution in [3.05, 3.63) is 29.8 Å². The molecule has 3 aliphatic heterocycles. The summed E-state index contributed by atoms with van der Waals surface area (Å²) in [5, 5.41) is 3.24. The number of morpholine rings is 1. The van der Waals surface area contributed by atoms with E-state index in [9.17, 15) is 4.79 Å². The van der Waals surface area contributed by atoms with Crippen LogP contribution in [0.1, 0.15) is 12.0 Å². The van der Waals surface area contributed by atoms with Gasteiger partial charge in [-0.25, -0.2) is 4.79 Å². The molecule has 24 heavy (non-hydrogen) atoms. The molecule has 0 saturated carbocycles. The summed E-state index contributed by atoms with van der Waals surface area (Å²) in [4.78, 5) is 17.2. The van der Waals surface area contributed by atoms with E-state index < -0.39 is 0 Å². The number of hydrogen-bond donors (Lipinski definition) is 1. The molecule has 1 atom stereocenters. The maximum absolute atomic E-state index is 12.8. The number of anilines is 1. The zero-order valence-corrected chi connectivity index (χ0v) is 14.8. The number of thioether (sulfide) groups is 1. The highest BCUT2D eigenvalue weighted by Crippen LogP contribution is 2.34. The third-order valence-corrected chi connectivity index (χ3v) is 6.70. The second-order valence-corrected chi connectivity index (χ2v) is 7.92. The molecule has 4 rings (SSSR count). The lowest BCUT2D eigenvalue weighted by Gasteiger charge is -2.43. The van der Waals surface area contributed by atoms with Gasteiger partial charge < -0.3 is 10.1 Å². The molecule has 2 amide bonds. The van der Waals surface area contributed by atoms with Crippen LogP contribution in [0.25, 0.3) is 0 Å². The molecule has 0 aliphatic carbocycles. The van der Waals surface area contributed by atoms with E-state index in [0.29, 0.717) is 0 Å². The Morgan fingerprint density at radius 3 is 2.88 bits per heavy atom. The molecule has 0 spiro atoms. The molecule has 1 aromatic rings. The maximum Gasteiger partial charge on any atom is 0.321 e. The molecule has 2 fully saturated rings. The van der Waals surface area contributed by atoms with Gasteiger partial charge in [0.1, 0.15) is 0 Å². The second-order valence-electron chi connectivity index (χ2n) is 6.82. The first-order valence-corrected chi connectivity index (χ1v) is 9.98. The number of hydrogen-bond acceptors (Lipinski definition) is 4. The number of fused-ring (bicyclic) bond motifs is 1. The average molecular weight is 347 g/mol. The summed E-state index contributed by atoms with van der Waals surface area (Å²) in [5.74, 6) is 2.28. The van der Waals surface area contributed by atoms with E-state index in [1.807, 2.05) is 34.9 Å². The van der Waals surface area contributed by atoms with Gasteiger partial charge in [0.05, 0.1) is 13.2 Å². The van der Waals surface area contributed by atoms with E-state index in [-0.39, 0.29) is 11.6 Å². The molecule has 1 N–H and O–H groups in total. The zero-order valence-electron chi connectivity index (χ0n) is 14.0. The van der Waals surface area contributed by atoms with Gasteiger partial charge in [0.25, 0.3) is 0 Å². The van der Waals surface area contributed by atoms with Gasteiger partial charge in [0.2, 0.25) is 0 Å². The SMILES string of the molecule is O=C(NCC1(N2CCOCC2)CCSC1)N1CCc2ccccc21. The van der Waals surface area contributed by atoms with Gasteiger partial charge in [-0.1, -0.05) is 18.2 Å². The standard InChI is InChI=1S/C18H25N3O2S/c22-17(21-7-5-15-3-1-2-4-16(15)21)19-13-18(6-12-24-14-18)20-8-10-23-11-9-20/h1-4H,5-14H2,(H,19,22). The molecule has 1 aromatic carbocycles. The zero-order chi connectivity index (χ0) is 16.4. The summed E-state index contributed by atoms with van der Waals surface area (Å²) in [5.41, 5.74) is 2.44. The molecule has 3 aliphatic rings. The molecule has 3 heterocycles. The first kappa shape index (κ1) is 16.2. The number of benzene rings is 1. The van der Waals surface area contributed by atoms with Crippen LogP contribution in [0, 0.1) is 0 Å². The summed E-state index contributed by atoms with van der Waals surface area (Å²) in [6.07, 6.45) is 2.10. The van der Waals surface area contributed by atoms with Crippen LogP contribution in [0.4, 0.5) is 10.5 Å². The Morgan fingerprint density at radius 1 is 1.25 bits per heavy atom. The van der Waals surface area contributed by atoms with Crippen molar-refractivity contribution in [1.29, 1.82) is 0 Å². The smallest absolute Gasteiger partial charge is 0.321 e. The molecule has 6 heteroatoms. The Labute approximate surface area is 147 Å². The fourth-order valence-electron chi connectivity index (χ4n) is 4.02. The minimum absolute atomic E-state index is 0.0458. The van der Waals surface area contributed by atoms with Gasteiger partial charge in [-0.15, -0.1) is 0 Å². The van der Waals surface area contributed by atoms with E-state index in [2.05, 4.69) is 16.3 Å². The predicted octanol–water partition coefficient (Wildman–Crippen LogP) is 1.97. The van der Waals surface area contributed by atoms with Crippen molar-refractivity contribution in [1.82, 2.24) is 10.2 Å². The number of ether oxygens (including phenoxy) is 1. The molecule has 1 unspecified atom stereocenters. The highest BCUT2D eigenvalue weighted by Gasteiger charge is 2.41. The highest BCUT2D eigenvalue weighted by atomic mass is 32.2. The van der Waals surface area contributed by atoms with Crippen molar-refractivity contribution in [3.8, 4) is 0 Å². The second kappa shape index (κ2) is 6.94. The molecular weight excluding hydrogens is 322 g/mol. The largest absolute Gasteiger partial charge is 0.379 e. The number of urea groups is 1. The number of para-hydroxylation sites is 1. The minimum Gasteiger partial charge on any atom is -0.379 e. The first-order chi connectivity index (χ1) is 11.8. The Hall–Kier alpha value is -1.24. The molecule has 5 nitrogen and oxygen atoms in total. The fraction of sp³-hybridized carbons (Fsp3) is 0.611. The van der Waals surface area contributed by atoms with Gasteiger partial charge in [0, 0.05) is 43.2 Å².